The Morgan fingerprint density at radius 1 is 1.33 bits per heavy atom. The number of aliphatic hydroxyl groups excluding tert-OH is 1. The van der Waals surface area contributed by atoms with Crippen LogP contribution in [0, 0.1) is 5.82 Å². The number of amides is 2. The fourth-order valence-electron chi connectivity index (χ4n) is 4.68. The summed E-state index contributed by atoms with van der Waals surface area (Å²) in [6, 6.07) is -0.310. The summed E-state index contributed by atoms with van der Waals surface area (Å²) >= 11 is 6.40. The highest BCUT2D eigenvalue weighted by Gasteiger charge is 2.35. The molecule has 2 fully saturated rings. The number of halogens is 2. The van der Waals surface area contributed by atoms with Gasteiger partial charge in [0.15, 0.2) is 0 Å². The van der Waals surface area contributed by atoms with Crippen molar-refractivity contribution in [3.63, 3.8) is 0 Å². The first-order chi connectivity index (χ1) is 20.1. The smallest absolute Gasteiger partial charge is 0.254 e. The van der Waals surface area contributed by atoms with Gasteiger partial charge in [-0.15, -0.1) is 0 Å². The topological polar surface area (TPSA) is 142 Å². The second kappa shape index (κ2) is 13.9. The third-order valence-corrected chi connectivity index (χ3v) is 7.59. The molecule has 11 nitrogen and oxygen atoms in total. The van der Waals surface area contributed by atoms with E-state index in [-0.39, 0.29) is 23.7 Å². The largest absolute Gasteiger partial charge is 0.394 e. The second-order valence-electron chi connectivity index (χ2n) is 10.1. The number of aliphatic hydroxyl groups is 1. The van der Waals surface area contributed by atoms with Crippen molar-refractivity contribution in [1.82, 2.24) is 25.2 Å². The quantitative estimate of drug-likeness (QED) is 0.303. The molecule has 2 aliphatic rings. The molecule has 0 saturated carbocycles. The minimum absolute atomic E-state index is 0.0743. The number of carbonyl (C=O) groups excluding carboxylic acids is 2. The predicted molar refractivity (Wildman–Crippen MR) is 158 cm³/mol. The van der Waals surface area contributed by atoms with Crippen LogP contribution in [0.1, 0.15) is 44.0 Å². The van der Waals surface area contributed by atoms with Crippen molar-refractivity contribution in [3.05, 3.63) is 70.4 Å². The molecule has 0 spiro atoms. The maximum absolute atomic E-state index is 14.4. The second-order valence-corrected chi connectivity index (χ2v) is 10.5. The first-order valence-electron chi connectivity index (χ1n) is 13.6. The summed E-state index contributed by atoms with van der Waals surface area (Å²) in [6.07, 6.45) is 7.84. The molecule has 4 N–H and O–H groups in total. The monoisotopic (exact) mass is 599 g/mol. The highest BCUT2D eigenvalue weighted by molar-refractivity contribution is 6.32. The Labute approximate surface area is 248 Å². The van der Waals surface area contributed by atoms with E-state index >= 15 is 0 Å². The number of rotatable bonds is 10. The number of hydrogen-bond acceptors (Lipinski definition) is 9. The van der Waals surface area contributed by atoms with Gasteiger partial charge in [-0.1, -0.05) is 30.3 Å². The van der Waals surface area contributed by atoms with Gasteiger partial charge in [-0.05, 0) is 43.9 Å². The van der Waals surface area contributed by atoms with E-state index in [0.717, 1.165) is 24.6 Å². The van der Waals surface area contributed by atoms with Gasteiger partial charge in [0.2, 0.25) is 11.9 Å². The van der Waals surface area contributed by atoms with Gasteiger partial charge in [0.25, 0.3) is 5.91 Å². The number of allylic oxidation sites excluding steroid dienone is 3. The molecule has 224 valence electrons. The van der Waals surface area contributed by atoms with Crippen molar-refractivity contribution in [3.8, 4) is 0 Å². The summed E-state index contributed by atoms with van der Waals surface area (Å²) in [4.78, 5) is 40.3. The molecular formula is C29H35ClFN7O4. The molecule has 42 heavy (non-hydrogen) atoms. The zero-order valence-electron chi connectivity index (χ0n) is 23.8. The summed E-state index contributed by atoms with van der Waals surface area (Å²) in [5.74, 6) is -0.766. The Morgan fingerprint density at radius 2 is 2.07 bits per heavy atom. The van der Waals surface area contributed by atoms with Gasteiger partial charge in [0.05, 0.1) is 35.8 Å². The summed E-state index contributed by atoms with van der Waals surface area (Å²) in [5.41, 5.74) is 2.26. The maximum atomic E-state index is 14.4. The Morgan fingerprint density at radius 3 is 2.76 bits per heavy atom. The van der Waals surface area contributed by atoms with Gasteiger partial charge >= 0.3 is 0 Å². The molecular weight excluding hydrogens is 565 g/mol. The molecule has 2 atom stereocenters. The number of likely N-dealkylation sites (tertiary alicyclic amines) is 1. The number of ether oxygens (including phenoxy) is 1. The van der Waals surface area contributed by atoms with Crippen LogP contribution in [-0.4, -0.2) is 82.3 Å². The molecule has 2 aromatic rings. The highest BCUT2D eigenvalue weighted by atomic mass is 35.5. The van der Waals surface area contributed by atoms with Crippen LogP contribution in [0.15, 0.2) is 48.3 Å². The standard InChI is InChI=1S/C29H35ClFN7O4/c1-16(26-22(30)12-34-29(37-26)35-20-7-9-42-10-8-20)5-6-19-14-38(28(41)17(19)2)18(3)27(40)36-24(15-39)21-11-25(32-4)33-13-23(21)31/h5-6,11-13,18,20,24,39H,2,7-10,14-15H2,1,3-4H3,(H,32,33)(H,36,40)(H,34,35,37)/b16-5+,19-6-/t18-,24-/m1/s1. The minimum Gasteiger partial charge on any atom is -0.394 e. The number of carbonyl (C=O) groups is 2. The summed E-state index contributed by atoms with van der Waals surface area (Å²) in [7, 11) is 1.62. The van der Waals surface area contributed by atoms with Crippen LogP contribution < -0.4 is 16.0 Å². The van der Waals surface area contributed by atoms with Gasteiger partial charge in [-0.3, -0.25) is 9.59 Å². The van der Waals surface area contributed by atoms with Crippen molar-refractivity contribution in [2.45, 2.75) is 44.8 Å². The average Bonchev–Trinajstić information content (AvgIpc) is 3.28. The molecule has 4 rings (SSSR count). The Kier molecular flexibility index (Phi) is 10.3. The fourth-order valence-corrected chi connectivity index (χ4v) is 4.92. The number of nitrogens with one attached hydrogen (secondary N) is 3. The fraction of sp³-hybridized carbons (Fsp3) is 0.414. The lowest BCUT2D eigenvalue weighted by Gasteiger charge is -2.26. The lowest BCUT2D eigenvalue weighted by Crippen LogP contribution is -2.47. The third-order valence-electron chi connectivity index (χ3n) is 7.32. The molecule has 2 saturated heterocycles. The van der Waals surface area contributed by atoms with Gasteiger partial charge in [0.1, 0.15) is 17.7 Å². The van der Waals surface area contributed by atoms with Gasteiger partial charge in [-0.25, -0.2) is 19.3 Å². The van der Waals surface area contributed by atoms with E-state index in [9.17, 15) is 19.1 Å². The lowest BCUT2D eigenvalue weighted by atomic mass is 10.1. The van der Waals surface area contributed by atoms with E-state index < -0.39 is 36.3 Å². The van der Waals surface area contributed by atoms with Crippen LogP contribution in [-0.2, 0) is 14.3 Å². The van der Waals surface area contributed by atoms with Crippen LogP contribution in [0.5, 0.6) is 0 Å². The van der Waals surface area contributed by atoms with Crippen LogP contribution in [0.3, 0.4) is 0 Å². The van der Waals surface area contributed by atoms with Crippen molar-refractivity contribution in [1.29, 1.82) is 0 Å². The van der Waals surface area contributed by atoms with Crippen molar-refractivity contribution >= 4 is 40.8 Å². The molecule has 0 aromatic carbocycles. The molecule has 2 aliphatic heterocycles. The molecule has 4 heterocycles. The predicted octanol–water partition coefficient (Wildman–Crippen LogP) is 3.26. The molecule has 2 aromatic heterocycles. The van der Waals surface area contributed by atoms with Crippen LogP contribution in [0.2, 0.25) is 5.02 Å². The lowest BCUT2D eigenvalue weighted by molar-refractivity contribution is -0.135. The normalized spacial score (nSPS) is 18.8. The van der Waals surface area contributed by atoms with E-state index in [0.29, 0.717) is 41.3 Å². The van der Waals surface area contributed by atoms with Crippen LogP contribution >= 0.6 is 11.6 Å². The number of pyridine rings is 1. The van der Waals surface area contributed by atoms with Gasteiger partial charge in [0, 0.05) is 44.0 Å². The Balaban J connectivity index is 1.45. The Hall–Kier alpha value is -3.87. The van der Waals surface area contributed by atoms with Crippen molar-refractivity contribution in [2.75, 3.05) is 44.0 Å². The number of nitrogens with zero attached hydrogens (tertiary/aromatic N) is 4. The number of aromatic nitrogens is 3. The SMILES string of the molecule is C=C1C(=O)N([C@H](C)C(=O)N[C@H](CO)c2cc(NC)ncc2F)C/C1=C/C=C(\C)c1nc(NC2CCOCC2)ncc1Cl. The van der Waals surface area contributed by atoms with Gasteiger partial charge < -0.3 is 30.7 Å². The first-order valence-corrected chi connectivity index (χ1v) is 14.0. The zero-order valence-corrected chi connectivity index (χ0v) is 24.5. The molecule has 0 aliphatic carbocycles. The summed E-state index contributed by atoms with van der Waals surface area (Å²) in [6.45, 7) is 8.30. The minimum atomic E-state index is -1.03. The van der Waals surface area contributed by atoms with E-state index in [1.807, 2.05) is 6.92 Å². The highest BCUT2D eigenvalue weighted by Crippen LogP contribution is 2.27. The summed E-state index contributed by atoms with van der Waals surface area (Å²) in [5, 5.41) is 19.0. The van der Waals surface area contributed by atoms with Crippen molar-refractivity contribution in [2.24, 2.45) is 0 Å². The number of anilines is 2. The summed E-state index contributed by atoms with van der Waals surface area (Å²) < 4.78 is 19.8. The van der Waals surface area contributed by atoms with Crippen LogP contribution in [0.25, 0.3) is 5.57 Å². The van der Waals surface area contributed by atoms with E-state index in [1.54, 1.807) is 32.3 Å². The number of hydrogen-bond donors (Lipinski definition) is 4. The first kappa shape index (κ1) is 31.1. The van der Waals surface area contributed by atoms with E-state index in [4.69, 9.17) is 16.3 Å². The zero-order chi connectivity index (χ0) is 30.4. The maximum Gasteiger partial charge on any atom is 0.254 e. The third kappa shape index (κ3) is 7.12. The molecule has 13 heteroatoms. The average molecular weight is 600 g/mol. The van der Waals surface area contributed by atoms with Crippen molar-refractivity contribution < 1.29 is 23.8 Å². The molecule has 0 radical (unpaired) electrons. The van der Waals surface area contributed by atoms with E-state index in [1.165, 1.54) is 11.0 Å². The van der Waals surface area contributed by atoms with Gasteiger partial charge in [-0.2, -0.15) is 0 Å². The molecule has 0 unspecified atom stereocenters. The van der Waals surface area contributed by atoms with Crippen LogP contribution in [0.4, 0.5) is 16.2 Å². The Bertz CT molecular complexity index is 1410. The van der Waals surface area contributed by atoms with E-state index in [2.05, 4.69) is 37.5 Å². The molecule has 2 amide bonds. The molecule has 0 bridgehead atoms.